The van der Waals surface area contributed by atoms with Crippen LogP contribution in [0, 0.1) is 0 Å². The molecule has 1 aromatic heterocycles. The fourth-order valence-corrected chi connectivity index (χ4v) is 2.04. The summed E-state index contributed by atoms with van der Waals surface area (Å²) in [5.74, 6) is 0.436. The number of aromatic amines is 1. The number of aliphatic imine (C=N–C) groups is 1. The first-order chi connectivity index (χ1) is 9.72. The lowest BCUT2D eigenvalue weighted by Gasteiger charge is -2.06. The third-order valence-corrected chi connectivity index (χ3v) is 3.12. The standard InChI is InChI=1S/C14H21N5O/c1-2-3-8-16-13(15)17-9-10-19-12-7-5-4-6-11(12)18-14(19)20/h4-7H,2-3,8-10H2,1H3,(H,18,20)(H3,15,16,17). The van der Waals surface area contributed by atoms with Crippen LogP contribution < -0.4 is 16.7 Å². The van der Waals surface area contributed by atoms with Crippen LogP contribution in [0.25, 0.3) is 11.0 Å². The van der Waals surface area contributed by atoms with E-state index in [-0.39, 0.29) is 5.69 Å². The van der Waals surface area contributed by atoms with Gasteiger partial charge < -0.3 is 16.0 Å². The summed E-state index contributed by atoms with van der Waals surface area (Å²) >= 11 is 0. The van der Waals surface area contributed by atoms with E-state index in [0.717, 1.165) is 30.4 Å². The second-order valence-corrected chi connectivity index (χ2v) is 4.65. The van der Waals surface area contributed by atoms with Gasteiger partial charge in [0.2, 0.25) is 0 Å². The third kappa shape index (κ3) is 3.40. The molecule has 0 aliphatic rings. The van der Waals surface area contributed by atoms with E-state index in [4.69, 9.17) is 5.73 Å². The molecule has 0 fully saturated rings. The number of nitrogens with two attached hydrogens (primary N) is 1. The molecule has 0 saturated heterocycles. The number of fused-ring (bicyclic) bond motifs is 1. The molecule has 0 saturated carbocycles. The molecule has 0 aliphatic heterocycles. The predicted octanol–water partition coefficient (Wildman–Crippen LogP) is 1.03. The van der Waals surface area contributed by atoms with Crippen molar-refractivity contribution in [2.75, 3.05) is 13.1 Å². The molecule has 6 heteroatoms. The number of H-pyrrole nitrogens is 1. The van der Waals surface area contributed by atoms with Crippen molar-refractivity contribution in [2.45, 2.75) is 26.3 Å². The van der Waals surface area contributed by atoms with Crippen molar-refractivity contribution in [1.29, 1.82) is 0 Å². The molecule has 2 aromatic rings. The zero-order chi connectivity index (χ0) is 14.4. The number of para-hydroxylation sites is 2. The van der Waals surface area contributed by atoms with Gasteiger partial charge in [-0.1, -0.05) is 25.5 Å². The molecule has 0 radical (unpaired) electrons. The Bertz CT molecular complexity index is 640. The SMILES string of the molecule is CCCCN=C(N)NCCn1c(=O)[nH]c2ccccc21. The maximum absolute atomic E-state index is 11.8. The molecule has 108 valence electrons. The molecule has 1 heterocycles. The molecule has 2 rings (SSSR count). The second kappa shape index (κ2) is 6.79. The number of hydrogen-bond acceptors (Lipinski definition) is 2. The minimum atomic E-state index is -0.102. The molecule has 0 spiro atoms. The van der Waals surface area contributed by atoms with Gasteiger partial charge >= 0.3 is 5.69 Å². The van der Waals surface area contributed by atoms with Gasteiger partial charge in [-0.2, -0.15) is 0 Å². The summed E-state index contributed by atoms with van der Waals surface area (Å²) in [5.41, 5.74) is 7.40. The number of nitrogens with one attached hydrogen (secondary N) is 2. The highest BCUT2D eigenvalue weighted by molar-refractivity contribution is 5.78. The van der Waals surface area contributed by atoms with Crippen molar-refractivity contribution in [1.82, 2.24) is 14.9 Å². The fraction of sp³-hybridized carbons (Fsp3) is 0.429. The normalized spacial score (nSPS) is 11.9. The lowest BCUT2D eigenvalue weighted by molar-refractivity contribution is 0.666. The van der Waals surface area contributed by atoms with E-state index < -0.39 is 0 Å². The van der Waals surface area contributed by atoms with Gasteiger partial charge in [0.15, 0.2) is 5.96 Å². The Hall–Kier alpha value is -2.24. The lowest BCUT2D eigenvalue weighted by Crippen LogP contribution is -2.35. The number of guanidine groups is 1. The van der Waals surface area contributed by atoms with Crippen molar-refractivity contribution >= 4 is 17.0 Å². The maximum atomic E-state index is 11.8. The Morgan fingerprint density at radius 3 is 3.05 bits per heavy atom. The summed E-state index contributed by atoms with van der Waals surface area (Å²) in [6, 6.07) is 7.63. The summed E-state index contributed by atoms with van der Waals surface area (Å²) in [4.78, 5) is 18.9. The van der Waals surface area contributed by atoms with E-state index in [1.165, 1.54) is 0 Å². The Balaban J connectivity index is 1.95. The molecule has 20 heavy (non-hydrogen) atoms. The zero-order valence-electron chi connectivity index (χ0n) is 11.7. The van der Waals surface area contributed by atoms with E-state index in [2.05, 4.69) is 22.2 Å². The first-order valence-corrected chi connectivity index (χ1v) is 6.93. The third-order valence-electron chi connectivity index (χ3n) is 3.12. The van der Waals surface area contributed by atoms with Crippen molar-refractivity contribution in [3.63, 3.8) is 0 Å². The Morgan fingerprint density at radius 2 is 2.25 bits per heavy atom. The molecular weight excluding hydrogens is 254 g/mol. The first kappa shape index (κ1) is 14.2. The molecule has 0 atom stereocenters. The molecule has 0 aliphatic carbocycles. The van der Waals surface area contributed by atoms with Crippen LogP contribution in [0.1, 0.15) is 19.8 Å². The van der Waals surface area contributed by atoms with Crippen LogP contribution in [-0.4, -0.2) is 28.6 Å². The highest BCUT2D eigenvalue weighted by Crippen LogP contribution is 2.08. The topological polar surface area (TPSA) is 88.2 Å². The second-order valence-electron chi connectivity index (χ2n) is 4.65. The van der Waals surface area contributed by atoms with E-state index >= 15 is 0 Å². The number of rotatable bonds is 6. The molecule has 0 bridgehead atoms. The summed E-state index contributed by atoms with van der Waals surface area (Å²) in [7, 11) is 0. The molecule has 4 N–H and O–H groups in total. The van der Waals surface area contributed by atoms with Crippen LogP contribution in [0.3, 0.4) is 0 Å². The number of nitrogens with zero attached hydrogens (tertiary/aromatic N) is 2. The van der Waals surface area contributed by atoms with E-state index in [1.807, 2.05) is 24.3 Å². The number of aromatic nitrogens is 2. The Kier molecular flexibility index (Phi) is 4.81. The van der Waals surface area contributed by atoms with Crippen molar-refractivity contribution in [2.24, 2.45) is 10.7 Å². The Labute approximate surface area is 117 Å². The molecule has 0 unspecified atom stereocenters. The number of unbranched alkanes of at least 4 members (excludes halogenated alkanes) is 1. The van der Waals surface area contributed by atoms with Crippen LogP contribution in [0.4, 0.5) is 0 Å². The number of imidazole rings is 1. The van der Waals surface area contributed by atoms with E-state index in [9.17, 15) is 4.79 Å². The van der Waals surface area contributed by atoms with Gasteiger partial charge in [0, 0.05) is 19.6 Å². The summed E-state index contributed by atoms with van der Waals surface area (Å²) in [6.45, 7) is 3.97. The minimum Gasteiger partial charge on any atom is -0.370 e. The van der Waals surface area contributed by atoms with Gasteiger partial charge in [0.1, 0.15) is 0 Å². The highest BCUT2D eigenvalue weighted by Gasteiger charge is 2.04. The highest BCUT2D eigenvalue weighted by atomic mass is 16.1. The predicted molar refractivity (Wildman–Crippen MR) is 82.0 cm³/mol. The Morgan fingerprint density at radius 1 is 1.45 bits per heavy atom. The smallest absolute Gasteiger partial charge is 0.326 e. The maximum Gasteiger partial charge on any atom is 0.326 e. The average Bonchev–Trinajstić information content (AvgIpc) is 2.75. The van der Waals surface area contributed by atoms with Crippen LogP contribution in [0.5, 0.6) is 0 Å². The van der Waals surface area contributed by atoms with Gasteiger partial charge in [0.05, 0.1) is 11.0 Å². The van der Waals surface area contributed by atoms with Gasteiger partial charge in [-0.25, -0.2) is 4.79 Å². The van der Waals surface area contributed by atoms with Crippen molar-refractivity contribution < 1.29 is 0 Å². The van der Waals surface area contributed by atoms with Crippen LogP contribution in [0.15, 0.2) is 34.1 Å². The van der Waals surface area contributed by atoms with Gasteiger partial charge in [-0.15, -0.1) is 0 Å². The van der Waals surface area contributed by atoms with Crippen LogP contribution in [0.2, 0.25) is 0 Å². The molecule has 6 nitrogen and oxygen atoms in total. The van der Waals surface area contributed by atoms with E-state index in [0.29, 0.717) is 19.0 Å². The molecular formula is C14H21N5O. The largest absolute Gasteiger partial charge is 0.370 e. The summed E-state index contributed by atoms with van der Waals surface area (Å²) in [5, 5.41) is 3.03. The molecule has 1 aromatic carbocycles. The quantitative estimate of drug-likeness (QED) is 0.418. The molecule has 0 amide bonds. The zero-order valence-corrected chi connectivity index (χ0v) is 11.7. The first-order valence-electron chi connectivity index (χ1n) is 6.93. The van der Waals surface area contributed by atoms with E-state index in [1.54, 1.807) is 4.57 Å². The van der Waals surface area contributed by atoms with Crippen molar-refractivity contribution in [3.8, 4) is 0 Å². The van der Waals surface area contributed by atoms with Gasteiger partial charge in [-0.3, -0.25) is 9.56 Å². The number of hydrogen-bond donors (Lipinski definition) is 3. The fourth-order valence-electron chi connectivity index (χ4n) is 2.04. The number of benzene rings is 1. The van der Waals surface area contributed by atoms with Crippen molar-refractivity contribution in [3.05, 3.63) is 34.7 Å². The summed E-state index contributed by atoms with van der Waals surface area (Å²) < 4.78 is 1.70. The van der Waals surface area contributed by atoms with Crippen LogP contribution >= 0.6 is 0 Å². The van der Waals surface area contributed by atoms with Gasteiger partial charge in [0.25, 0.3) is 0 Å². The minimum absolute atomic E-state index is 0.102. The summed E-state index contributed by atoms with van der Waals surface area (Å²) in [6.07, 6.45) is 2.13. The lowest BCUT2D eigenvalue weighted by atomic mass is 10.3. The van der Waals surface area contributed by atoms with Gasteiger partial charge in [-0.05, 0) is 18.6 Å². The average molecular weight is 275 g/mol. The monoisotopic (exact) mass is 275 g/mol. The van der Waals surface area contributed by atoms with Crippen LogP contribution in [-0.2, 0) is 6.54 Å².